The van der Waals surface area contributed by atoms with Gasteiger partial charge < -0.3 is 9.84 Å². The van der Waals surface area contributed by atoms with Crippen LogP contribution >= 0.6 is 0 Å². The van der Waals surface area contributed by atoms with Crippen LogP contribution < -0.4 is 0 Å². The highest BCUT2D eigenvalue weighted by molar-refractivity contribution is 5.72. The number of esters is 1. The fourth-order valence-electron chi connectivity index (χ4n) is 1.43. The summed E-state index contributed by atoms with van der Waals surface area (Å²) in [6.07, 6.45) is 2.81. The summed E-state index contributed by atoms with van der Waals surface area (Å²) in [6.45, 7) is 0.226. The van der Waals surface area contributed by atoms with Gasteiger partial charge in [-0.2, -0.15) is 0 Å². The maximum absolute atomic E-state index is 11.1. The zero-order chi connectivity index (χ0) is 13.2. The molecule has 0 aliphatic heterocycles. The van der Waals surface area contributed by atoms with E-state index in [2.05, 4.69) is 16.6 Å². The van der Waals surface area contributed by atoms with Crippen LogP contribution in [0.4, 0.5) is 0 Å². The second-order valence-corrected chi connectivity index (χ2v) is 3.93. The van der Waals surface area contributed by atoms with Crippen LogP contribution in [-0.2, 0) is 16.0 Å². The number of aliphatic hydroxyl groups is 1. The third-order valence-corrected chi connectivity index (χ3v) is 2.47. The highest BCUT2D eigenvalue weighted by Crippen LogP contribution is 2.05. The van der Waals surface area contributed by atoms with E-state index in [1.165, 1.54) is 7.11 Å². The average molecular weight is 246 g/mol. The third-order valence-electron chi connectivity index (χ3n) is 2.47. The Morgan fingerprint density at radius 1 is 1.28 bits per heavy atom. The van der Waals surface area contributed by atoms with Crippen molar-refractivity contribution in [1.29, 1.82) is 0 Å². The molecule has 1 aromatic rings. The minimum absolute atomic E-state index is 0.226. The van der Waals surface area contributed by atoms with Gasteiger partial charge in [0.25, 0.3) is 0 Å². The number of unbranched alkanes of at least 4 members (excludes halogenated alkanes) is 2. The highest BCUT2D eigenvalue weighted by Gasteiger charge is 2.01. The molecule has 0 aromatic heterocycles. The Hall–Kier alpha value is -1.79. The van der Waals surface area contributed by atoms with Gasteiger partial charge in [0.05, 0.1) is 13.5 Å². The molecule has 1 rings (SSSR count). The Bertz CT molecular complexity index is 423. The largest absolute Gasteiger partial charge is 0.469 e. The van der Waals surface area contributed by atoms with Gasteiger partial charge in [0.15, 0.2) is 0 Å². The molecule has 0 bridgehead atoms. The predicted octanol–water partition coefficient (Wildman–Crippen LogP) is 1.92. The SMILES string of the molecule is COC(=O)Cc1ccc(C#CCCCCO)cc1. The average Bonchev–Trinajstić information content (AvgIpc) is 2.40. The van der Waals surface area contributed by atoms with E-state index in [-0.39, 0.29) is 12.6 Å². The van der Waals surface area contributed by atoms with Crippen LogP contribution in [0.1, 0.15) is 30.4 Å². The zero-order valence-corrected chi connectivity index (χ0v) is 10.6. The molecule has 1 aromatic carbocycles. The molecule has 3 nitrogen and oxygen atoms in total. The highest BCUT2D eigenvalue weighted by atomic mass is 16.5. The van der Waals surface area contributed by atoms with Crippen molar-refractivity contribution in [1.82, 2.24) is 0 Å². The van der Waals surface area contributed by atoms with Crippen LogP contribution in [0.5, 0.6) is 0 Å². The molecule has 0 spiro atoms. The number of hydrogen-bond donors (Lipinski definition) is 1. The van der Waals surface area contributed by atoms with Crippen molar-refractivity contribution >= 4 is 5.97 Å². The Labute approximate surface area is 108 Å². The summed E-state index contributed by atoms with van der Waals surface area (Å²) >= 11 is 0. The summed E-state index contributed by atoms with van der Waals surface area (Å²) in [5.74, 6) is 5.87. The molecule has 0 radical (unpaired) electrons. The van der Waals surface area contributed by atoms with Crippen LogP contribution in [0.25, 0.3) is 0 Å². The number of benzene rings is 1. The summed E-state index contributed by atoms with van der Waals surface area (Å²) in [4.78, 5) is 11.1. The summed E-state index contributed by atoms with van der Waals surface area (Å²) in [7, 11) is 1.38. The molecule has 0 aliphatic rings. The Kier molecular flexibility index (Phi) is 6.60. The number of carbonyl (C=O) groups is 1. The molecule has 0 atom stereocenters. The lowest BCUT2D eigenvalue weighted by Crippen LogP contribution is -2.04. The van der Waals surface area contributed by atoms with E-state index >= 15 is 0 Å². The standard InChI is InChI=1S/C15H18O3/c1-18-15(17)12-14-9-7-13(8-10-14)6-4-2-3-5-11-16/h7-10,16H,2-3,5,11-12H2,1H3. The minimum atomic E-state index is -0.238. The van der Waals surface area contributed by atoms with E-state index in [1.807, 2.05) is 24.3 Å². The van der Waals surface area contributed by atoms with Crippen LogP contribution in [-0.4, -0.2) is 24.8 Å². The van der Waals surface area contributed by atoms with E-state index in [0.717, 1.165) is 30.4 Å². The quantitative estimate of drug-likeness (QED) is 0.490. The molecule has 0 saturated heterocycles. The topological polar surface area (TPSA) is 46.5 Å². The predicted molar refractivity (Wildman–Crippen MR) is 70.0 cm³/mol. The second kappa shape index (κ2) is 8.32. The first-order valence-electron chi connectivity index (χ1n) is 6.01. The molecule has 0 heterocycles. The monoisotopic (exact) mass is 246 g/mol. The lowest BCUT2D eigenvalue weighted by Gasteiger charge is -1.99. The number of rotatable bonds is 5. The van der Waals surface area contributed by atoms with Crippen molar-refractivity contribution in [3.8, 4) is 11.8 Å². The van der Waals surface area contributed by atoms with E-state index in [4.69, 9.17) is 5.11 Å². The zero-order valence-electron chi connectivity index (χ0n) is 10.6. The second-order valence-electron chi connectivity index (χ2n) is 3.93. The molecular weight excluding hydrogens is 228 g/mol. The normalized spacial score (nSPS) is 9.44. The molecule has 1 N–H and O–H groups in total. The maximum Gasteiger partial charge on any atom is 0.309 e. The van der Waals surface area contributed by atoms with Crippen molar-refractivity contribution < 1.29 is 14.6 Å². The van der Waals surface area contributed by atoms with Crippen LogP contribution in [0, 0.1) is 11.8 Å². The first-order chi connectivity index (χ1) is 8.76. The van der Waals surface area contributed by atoms with Crippen molar-refractivity contribution in [3.63, 3.8) is 0 Å². The summed E-state index contributed by atoms with van der Waals surface area (Å²) in [6, 6.07) is 7.57. The number of hydrogen-bond acceptors (Lipinski definition) is 3. The number of ether oxygens (including phenoxy) is 1. The molecule has 3 heteroatoms. The lowest BCUT2D eigenvalue weighted by atomic mass is 10.1. The Morgan fingerprint density at radius 2 is 2.00 bits per heavy atom. The third kappa shape index (κ3) is 5.51. The van der Waals surface area contributed by atoms with Gasteiger partial charge in [0, 0.05) is 18.6 Å². The number of aliphatic hydroxyl groups excluding tert-OH is 1. The number of methoxy groups -OCH3 is 1. The minimum Gasteiger partial charge on any atom is -0.469 e. The Balaban J connectivity index is 2.47. The molecule has 0 aliphatic carbocycles. The van der Waals surface area contributed by atoms with Crippen molar-refractivity contribution in [3.05, 3.63) is 35.4 Å². The van der Waals surface area contributed by atoms with Gasteiger partial charge in [-0.25, -0.2) is 0 Å². The van der Waals surface area contributed by atoms with Crippen LogP contribution in [0.2, 0.25) is 0 Å². The van der Waals surface area contributed by atoms with Gasteiger partial charge in [-0.15, -0.1) is 0 Å². The van der Waals surface area contributed by atoms with Crippen LogP contribution in [0.3, 0.4) is 0 Å². The molecule has 0 saturated carbocycles. The molecule has 0 fully saturated rings. The van der Waals surface area contributed by atoms with Crippen LogP contribution in [0.15, 0.2) is 24.3 Å². The van der Waals surface area contributed by atoms with Gasteiger partial charge >= 0.3 is 5.97 Å². The van der Waals surface area contributed by atoms with Crippen molar-refractivity contribution in [2.75, 3.05) is 13.7 Å². The Morgan fingerprint density at radius 3 is 2.61 bits per heavy atom. The van der Waals surface area contributed by atoms with Gasteiger partial charge in [0.1, 0.15) is 0 Å². The molecule has 96 valence electrons. The van der Waals surface area contributed by atoms with E-state index in [9.17, 15) is 4.79 Å². The van der Waals surface area contributed by atoms with Gasteiger partial charge in [-0.1, -0.05) is 24.0 Å². The molecular formula is C15H18O3. The first-order valence-corrected chi connectivity index (χ1v) is 6.01. The molecule has 18 heavy (non-hydrogen) atoms. The number of carbonyl (C=O) groups excluding carboxylic acids is 1. The fraction of sp³-hybridized carbons (Fsp3) is 0.400. The summed E-state index contributed by atoms with van der Waals surface area (Å²) in [5.41, 5.74) is 1.86. The van der Waals surface area contributed by atoms with Gasteiger partial charge in [-0.05, 0) is 30.5 Å². The van der Waals surface area contributed by atoms with Crippen molar-refractivity contribution in [2.24, 2.45) is 0 Å². The van der Waals surface area contributed by atoms with E-state index < -0.39 is 0 Å². The summed E-state index contributed by atoms with van der Waals surface area (Å²) < 4.78 is 4.60. The van der Waals surface area contributed by atoms with Gasteiger partial charge in [0.2, 0.25) is 0 Å². The lowest BCUT2D eigenvalue weighted by molar-refractivity contribution is -0.139. The van der Waals surface area contributed by atoms with E-state index in [0.29, 0.717) is 6.42 Å². The van der Waals surface area contributed by atoms with Gasteiger partial charge in [-0.3, -0.25) is 4.79 Å². The smallest absolute Gasteiger partial charge is 0.309 e. The summed E-state index contributed by atoms with van der Waals surface area (Å²) in [5, 5.41) is 8.62. The van der Waals surface area contributed by atoms with E-state index in [1.54, 1.807) is 0 Å². The fourth-order valence-corrected chi connectivity index (χ4v) is 1.43. The van der Waals surface area contributed by atoms with Crippen molar-refractivity contribution in [2.45, 2.75) is 25.7 Å². The molecule has 0 unspecified atom stereocenters. The maximum atomic E-state index is 11.1. The molecule has 0 amide bonds. The first kappa shape index (κ1) is 14.3.